The third kappa shape index (κ3) is 5.46. The average Bonchev–Trinajstić information content (AvgIpc) is 2.61. The van der Waals surface area contributed by atoms with Crippen molar-refractivity contribution in [2.24, 2.45) is 0 Å². The molecule has 130 valence electrons. The molecule has 1 N–H and O–H groups in total. The number of anilines is 1. The van der Waals surface area contributed by atoms with Crippen molar-refractivity contribution < 1.29 is 19.1 Å². The van der Waals surface area contributed by atoms with Gasteiger partial charge in [-0.1, -0.05) is 36.4 Å². The van der Waals surface area contributed by atoms with Crippen molar-refractivity contribution >= 4 is 23.5 Å². The molecular weight excluding hydrogens is 320 g/mol. The van der Waals surface area contributed by atoms with Gasteiger partial charge < -0.3 is 15.0 Å². The monoisotopic (exact) mass is 340 g/mol. The van der Waals surface area contributed by atoms with Crippen molar-refractivity contribution in [3.8, 4) is 0 Å². The normalized spacial score (nSPS) is 10.0. The molecule has 0 saturated heterocycles. The number of ether oxygens (including phenoxy) is 1. The standard InChI is InChI=1S/C19H20N2O4/c1-21(13-14-7-4-3-5-8-14)19(24)15-9-6-10-16(11-15)20-17(22)12-18(23)25-2/h3-11H,12-13H2,1-2H3,(H,20,22). The van der Waals surface area contributed by atoms with E-state index in [4.69, 9.17) is 0 Å². The minimum Gasteiger partial charge on any atom is -0.469 e. The Bertz CT molecular complexity index is 759. The molecule has 0 aliphatic carbocycles. The van der Waals surface area contributed by atoms with Crippen LogP contribution in [0.3, 0.4) is 0 Å². The smallest absolute Gasteiger partial charge is 0.315 e. The van der Waals surface area contributed by atoms with Crippen LogP contribution in [0.5, 0.6) is 0 Å². The fraction of sp³-hybridized carbons (Fsp3) is 0.211. The highest BCUT2D eigenvalue weighted by Crippen LogP contribution is 2.14. The summed E-state index contributed by atoms with van der Waals surface area (Å²) in [4.78, 5) is 37.0. The topological polar surface area (TPSA) is 75.7 Å². The molecule has 0 fully saturated rings. The lowest BCUT2D eigenvalue weighted by atomic mass is 10.1. The van der Waals surface area contributed by atoms with Gasteiger partial charge in [0.05, 0.1) is 7.11 Å². The van der Waals surface area contributed by atoms with Crippen LogP contribution < -0.4 is 5.32 Å². The van der Waals surface area contributed by atoms with Gasteiger partial charge in [0.15, 0.2) is 0 Å². The van der Waals surface area contributed by atoms with Crippen molar-refractivity contribution in [3.05, 3.63) is 65.7 Å². The molecule has 0 aliphatic rings. The van der Waals surface area contributed by atoms with Crippen molar-refractivity contribution in [2.75, 3.05) is 19.5 Å². The van der Waals surface area contributed by atoms with Crippen LogP contribution in [0.4, 0.5) is 5.69 Å². The highest BCUT2D eigenvalue weighted by atomic mass is 16.5. The van der Waals surface area contributed by atoms with E-state index >= 15 is 0 Å². The molecule has 0 spiro atoms. The molecule has 0 bridgehead atoms. The number of hydrogen-bond donors (Lipinski definition) is 1. The molecule has 0 heterocycles. The minimum atomic E-state index is -0.618. The van der Waals surface area contributed by atoms with Crippen molar-refractivity contribution in [1.29, 1.82) is 0 Å². The molecule has 25 heavy (non-hydrogen) atoms. The van der Waals surface area contributed by atoms with Gasteiger partial charge in [0.25, 0.3) is 5.91 Å². The van der Waals surface area contributed by atoms with Crippen molar-refractivity contribution in [3.63, 3.8) is 0 Å². The fourth-order valence-corrected chi connectivity index (χ4v) is 2.29. The first-order valence-corrected chi connectivity index (χ1v) is 7.75. The molecule has 0 unspecified atom stereocenters. The van der Waals surface area contributed by atoms with Gasteiger partial charge in [0.1, 0.15) is 6.42 Å². The summed E-state index contributed by atoms with van der Waals surface area (Å²) >= 11 is 0. The molecule has 2 aromatic rings. The molecule has 0 aromatic heterocycles. The van der Waals surface area contributed by atoms with E-state index in [1.165, 1.54) is 7.11 Å². The summed E-state index contributed by atoms with van der Waals surface area (Å²) in [6.07, 6.45) is -0.372. The quantitative estimate of drug-likeness (QED) is 0.647. The lowest BCUT2D eigenvalue weighted by molar-refractivity contribution is -0.142. The van der Waals surface area contributed by atoms with E-state index in [-0.39, 0.29) is 12.3 Å². The first-order valence-electron chi connectivity index (χ1n) is 7.75. The van der Waals surface area contributed by atoms with Crippen LogP contribution in [0.2, 0.25) is 0 Å². The molecule has 6 nitrogen and oxygen atoms in total. The number of hydrogen-bond acceptors (Lipinski definition) is 4. The van der Waals surface area contributed by atoms with Gasteiger partial charge in [-0.05, 0) is 23.8 Å². The molecule has 2 rings (SSSR count). The summed E-state index contributed by atoms with van der Waals surface area (Å²) < 4.78 is 4.45. The first kappa shape index (κ1) is 18.2. The van der Waals surface area contributed by atoms with Crippen LogP contribution in [0, 0.1) is 0 Å². The maximum absolute atomic E-state index is 12.6. The zero-order valence-electron chi connectivity index (χ0n) is 14.2. The maximum Gasteiger partial charge on any atom is 0.315 e. The summed E-state index contributed by atoms with van der Waals surface area (Å²) in [6, 6.07) is 16.3. The Morgan fingerprint density at radius 3 is 2.44 bits per heavy atom. The largest absolute Gasteiger partial charge is 0.469 e. The van der Waals surface area contributed by atoms with Crippen molar-refractivity contribution in [2.45, 2.75) is 13.0 Å². The maximum atomic E-state index is 12.6. The van der Waals surface area contributed by atoms with Crippen LogP contribution in [-0.2, 0) is 20.9 Å². The Morgan fingerprint density at radius 1 is 1.04 bits per heavy atom. The van der Waals surface area contributed by atoms with Crippen LogP contribution in [0.1, 0.15) is 22.3 Å². The molecule has 0 atom stereocenters. The third-order valence-electron chi connectivity index (χ3n) is 3.54. The molecular formula is C19H20N2O4. The Kier molecular flexibility index (Phi) is 6.28. The van der Waals surface area contributed by atoms with E-state index in [0.29, 0.717) is 17.8 Å². The summed E-state index contributed by atoms with van der Waals surface area (Å²) in [6.45, 7) is 0.485. The highest BCUT2D eigenvalue weighted by Gasteiger charge is 2.14. The number of benzene rings is 2. The predicted molar refractivity (Wildman–Crippen MR) is 93.9 cm³/mol. The number of nitrogens with zero attached hydrogens (tertiary/aromatic N) is 1. The van der Waals surface area contributed by atoms with Gasteiger partial charge in [0, 0.05) is 24.8 Å². The van der Waals surface area contributed by atoms with E-state index < -0.39 is 11.9 Å². The molecule has 2 amide bonds. The zero-order chi connectivity index (χ0) is 18.2. The zero-order valence-corrected chi connectivity index (χ0v) is 14.2. The van der Waals surface area contributed by atoms with Gasteiger partial charge in [-0.2, -0.15) is 0 Å². The van der Waals surface area contributed by atoms with E-state index in [2.05, 4.69) is 10.1 Å². The second-order valence-electron chi connectivity index (χ2n) is 5.53. The van der Waals surface area contributed by atoms with Gasteiger partial charge in [-0.25, -0.2) is 0 Å². The van der Waals surface area contributed by atoms with Gasteiger partial charge in [-0.15, -0.1) is 0 Å². The second kappa shape index (κ2) is 8.63. The lowest BCUT2D eigenvalue weighted by Gasteiger charge is -2.18. The van der Waals surface area contributed by atoms with E-state index in [1.807, 2.05) is 30.3 Å². The molecule has 0 aliphatic heterocycles. The van der Waals surface area contributed by atoms with E-state index in [1.54, 1.807) is 36.2 Å². The fourth-order valence-electron chi connectivity index (χ4n) is 2.29. The predicted octanol–water partition coefficient (Wildman–Crippen LogP) is 2.46. The molecule has 2 aromatic carbocycles. The van der Waals surface area contributed by atoms with Crippen LogP contribution in [0.25, 0.3) is 0 Å². The second-order valence-corrected chi connectivity index (χ2v) is 5.53. The van der Waals surface area contributed by atoms with Crippen LogP contribution in [0.15, 0.2) is 54.6 Å². The average molecular weight is 340 g/mol. The first-order chi connectivity index (χ1) is 12.0. The number of carbonyl (C=O) groups is 3. The summed E-state index contributed by atoms with van der Waals surface area (Å²) in [5.41, 5.74) is 1.93. The van der Waals surface area contributed by atoms with Gasteiger partial charge >= 0.3 is 5.97 Å². The summed E-state index contributed by atoms with van der Waals surface area (Å²) in [7, 11) is 2.94. The number of nitrogens with one attached hydrogen (secondary N) is 1. The summed E-state index contributed by atoms with van der Waals surface area (Å²) in [5.74, 6) is -1.27. The summed E-state index contributed by atoms with van der Waals surface area (Å²) in [5, 5.41) is 2.58. The minimum absolute atomic E-state index is 0.159. The van der Waals surface area contributed by atoms with Crippen LogP contribution in [-0.4, -0.2) is 36.8 Å². The number of esters is 1. The molecule has 6 heteroatoms. The van der Waals surface area contributed by atoms with E-state index in [9.17, 15) is 14.4 Å². The van der Waals surface area contributed by atoms with E-state index in [0.717, 1.165) is 5.56 Å². The van der Waals surface area contributed by atoms with Gasteiger partial charge in [-0.3, -0.25) is 14.4 Å². The molecule has 0 saturated carbocycles. The third-order valence-corrected chi connectivity index (χ3v) is 3.54. The lowest BCUT2D eigenvalue weighted by Crippen LogP contribution is -2.26. The molecule has 0 radical (unpaired) electrons. The van der Waals surface area contributed by atoms with Gasteiger partial charge in [0.2, 0.25) is 5.91 Å². The SMILES string of the molecule is COC(=O)CC(=O)Nc1cccc(C(=O)N(C)Cc2ccccc2)c1. The van der Waals surface area contributed by atoms with Crippen molar-refractivity contribution in [1.82, 2.24) is 4.90 Å². The number of methoxy groups -OCH3 is 1. The number of rotatable bonds is 6. The Balaban J connectivity index is 2.03. The Hall–Kier alpha value is -3.15. The number of carbonyl (C=O) groups excluding carboxylic acids is 3. The number of amides is 2. The Labute approximate surface area is 146 Å². The highest BCUT2D eigenvalue weighted by molar-refractivity contribution is 6.02. The van der Waals surface area contributed by atoms with Crippen LogP contribution >= 0.6 is 0 Å². The Morgan fingerprint density at radius 2 is 1.76 bits per heavy atom.